The summed E-state index contributed by atoms with van der Waals surface area (Å²) in [7, 11) is 0. The Morgan fingerprint density at radius 3 is 2.56 bits per heavy atom. The number of nitrogens with zero attached hydrogens (tertiary/aromatic N) is 8. The minimum atomic E-state index is -1.05. The Kier molecular flexibility index (Phi) is 6.45. The predicted octanol–water partition coefficient (Wildman–Crippen LogP) is 1.77. The molecule has 0 spiro atoms. The van der Waals surface area contributed by atoms with Crippen molar-refractivity contribution in [2.75, 3.05) is 18.8 Å². The zero-order valence-electron chi connectivity index (χ0n) is 20.2. The summed E-state index contributed by atoms with van der Waals surface area (Å²) >= 11 is 0. The molecular formula is C22H31N9O3. The second-order valence-corrected chi connectivity index (χ2v) is 9.56. The highest BCUT2D eigenvalue weighted by Gasteiger charge is 2.30. The first-order valence-corrected chi connectivity index (χ1v) is 11.4. The second kappa shape index (κ2) is 9.18. The zero-order chi connectivity index (χ0) is 24.6. The number of anilines is 1. The number of rotatable bonds is 6. The Bertz CT molecular complexity index is 1170. The molecule has 3 N–H and O–H groups in total. The number of carbonyl (C=O) groups excluding carboxylic acids is 1. The SMILES string of the molecule is CCn1nc(C2CCN(C(O)C(C)=O)CC2)nc1-c1cnc(N)c(-c2nnc(C(C)(C)C)o2)n1. The van der Waals surface area contributed by atoms with Crippen LogP contribution < -0.4 is 5.73 Å². The van der Waals surface area contributed by atoms with E-state index >= 15 is 0 Å². The molecule has 1 aliphatic heterocycles. The number of nitrogen functional groups attached to an aromatic ring is 1. The summed E-state index contributed by atoms with van der Waals surface area (Å²) in [5.41, 5.74) is 6.58. The van der Waals surface area contributed by atoms with Gasteiger partial charge in [0.05, 0.1) is 6.20 Å². The van der Waals surface area contributed by atoms with E-state index < -0.39 is 6.23 Å². The fourth-order valence-corrected chi connectivity index (χ4v) is 3.89. The summed E-state index contributed by atoms with van der Waals surface area (Å²) in [6.45, 7) is 11.1. The molecule has 1 fully saturated rings. The molecule has 1 unspecified atom stereocenters. The molecule has 34 heavy (non-hydrogen) atoms. The third-order valence-corrected chi connectivity index (χ3v) is 5.89. The molecule has 0 saturated carbocycles. The molecule has 12 heteroatoms. The molecule has 0 amide bonds. The number of aliphatic hydroxyl groups excluding tert-OH is 1. The topological polar surface area (TPSA) is 162 Å². The molecule has 4 heterocycles. The van der Waals surface area contributed by atoms with Crippen LogP contribution in [0.4, 0.5) is 5.82 Å². The molecular weight excluding hydrogens is 438 g/mol. The highest BCUT2D eigenvalue weighted by atomic mass is 16.4. The van der Waals surface area contributed by atoms with E-state index in [0.29, 0.717) is 48.6 Å². The molecule has 1 saturated heterocycles. The standard InChI is InChI=1S/C22H31N9O3/c1-6-31-18(26-17(29-31)13-7-9-30(10-8-13)20(33)12(2)32)14-11-24-16(23)15(25-14)19-27-28-21(34-19)22(3,4)5/h11,13,20,33H,6-10H2,1-5H3,(H2,23,24). The summed E-state index contributed by atoms with van der Waals surface area (Å²) < 4.78 is 7.59. The van der Waals surface area contributed by atoms with Crippen molar-refractivity contribution >= 4 is 11.6 Å². The highest BCUT2D eigenvalue weighted by molar-refractivity contribution is 5.79. The van der Waals surface area contributed by atoms with Gasteiger partial charge >= 0.3 is 0 Å². The van der Waals surface area contributed by atoms with Crippen molar-refractivity contribution in [2.45, 2.75) is 71.6 Å². The van der Waals surface area contributed by atoms with Crippen molar-refractivity contribution in [3.63, 3.8) is 0 Å². The summed E-state index contributed by atoms with van der Waals surface area (Å²) in [4.78, 5) is 27.0. The summed E-state index contributed by atoms with van der Waals surface area (Å²) in [5.74, 6) is 2.03. The van der Waals surface area contributed by atoms with Gasteiger partial charge in [-0.1, -0.05) is 20.8 Å². The number of aromatic nitrogens is 7. The fourth-order valence-electron chi connectivity index (χ4n) is 3.89. The van der Waals surface area contributed by atoms with Crippen molar-refractivity contribution in [3.05, 3.63) is 17.9 Å². The van der Waals surface area contributed by atoms with Gasteiger partial charge in [-0.15, -0.1) is 10.2 Å². The molecule has 4 rings (SSSR count). The first kappa shape index (κ1) is 23.9. The molecule has 0 radical (unpaired) electrons. The van der Waals surface area contributed by atoms with Crippen LogP contribution in [-0.4, -0.2) is 70.0 Å². The largest absolute Gasteiger partial charge is 0.419 e. The van der Waals surface area contributed by atoms with Crippen LogP contribution in [0.1, 0.15) is 65.1 Å². The van der Waals surface area contributed by atoms with Gasteiger partial charge in [0.2, 0.25) is 5.89 Å². The Hall–Kier alpha value is -3.25. The Balaban J connectivity index is 1.60. The van der Waals surface area contributed by atoms with E-state index in [-0.39, 0.29) is 28.8 Å². The zero-order valence-corrected chi connectivity index (χ0v) is 20.2. The van der Waals surface area contributed by atoms with Gasteiger partial charge in [-0.05, 0) is 26.7 Å². The molecule has 0 aromatic carbocycles. The van der Waals surface area contributed by atoms with Gasteiger partial charge < -0.3 is 15.3 Å². The number of Topliss-reactive ketones (excluding diaryl/α,β-unsaturated/α-hetero) is 1. The second-order valence-electron chi connectivity index (χ2n) is 9.56. The van der Waals surface area contributed by atoms with Crippen molar-refractivity contribution in [3.8, 4) is 23.1 Å². The van der Waals surface area contributed by atoms with E-state index in [1.165, 1.54) is 6.92 Å². The number of aryl methyl sites for hydroxylation is 1. The first-order chi connectivity index (χ1) is 16.1. The van der Waals surface area contributed by atoms with Gasteiger partial charge in [0.15, 0.2) is 35.2 Å². The molecule has 12 nitrogen and oxygen atoms in total. The Morgan fingerprint density at radius 2 is 1.97 bits per heavy atom. The van der Waals surface area contributed by atoms with Crippen LogP contribution in [0.5, 0.6) is 0 Å². The average molecular weight is 470 g/mol. The van der Waals surface area contributed by atoms with Crippen molar-refractivity contribution in [2.24, 2.45) is 0 Å². The minimum Gasteiger partial charge on any atom is -0.419 e. The van der Waals surface area contributed by atoms with Gasteiger partial charge in [-0.25, -0.2) is 19.6 Å². The van der Waals surface area contributed by atoms with Gasteiger partial charge in [0.1, 0.15) is 5.69 Å². The van der Waals surface area contributed by atoms with E-state index in [9.17, 15) is 9.90 Å². The lowest BCUT2D eigenvalue weighted by Crippen LogP contribution is -2.44. The molecule has 182 valence electrons. The Labute approximate surface area is 197 Å². The van der Waals surface area contributed by atoms with Crippen molar-refractivity contribution in [1.29, 1.82) is 0 Å². The lowest BCUT2D eigenvalue weighted by molar-refractivity contribution is -0.135. The molecule has 3 aromatic rings. The Morgan fingerprint density at radius 1 is 1.26 bits per heavy atom. The van der Waals surface area contributed by atoms with Crippen LogP contribution in [0.3, 0.4) is 0 Å². The predicted molar refractivity (Wildman–Crippen MR) is 123 cm³/mol. The number of piperidine rings is 1. The van der Waals surface area contributed by atoms with E-state index in [1.807, 2.05) is 27.7 Å². The third-order valence-electron chi connectivity index (χ3n) is 5.89. The number of likely N-dealkylation sites (tertiary alicyclic amines) is 1. The average Bonchev–Trinajstić information content (AvgIpc) is 3.47. The third kappa shape index (κ3) is 4.68. The van der Waals surface area contributed by atoms with Crippen LogP contribution in [0.25, 0.3) is 23.1 Å². The molecule has 3 aromatic heterocycles. The first-order valence-electron chi connectivity index (χ1n) is 11.4. The highest BCUT2D eigenvalue weighted by Crippen LogP contribution is 2.31. The van der Waals surface area contributed by atoms with Crippen molar-refractivity contribution < 1.29 is 14.3 Å². The van der Waals surface area contributed by atoms with Crippen LogP contribution in [0.15, 0.2) is 10.6 Å². The maximum absolute atomic E-state index is 11.5. The monoisotopic (exact) mass is 469 g/mol. The van der Waals surface area contributed by atoms with Gasteiger partial charge in [-0.2, -0.15) is 5.10 Å². The van der Waals surface area contributed by atoms with Gasteiger partial charge in [0, 0.05) is 31.0 Å². The molecule has 0 bridgehead atoms. The summed E-state index contributed by atoms with van der Waals surface area (Å²) in [5, 5.41) is 23.0. The molecule has 1 atom stereocenters. The lowest BCUT2D eigenvalue weighted by atomic mass is 9.96. The number of aliphatic hydroxyl groups is 1. The van der Waals surface area contributed by atoms with Gasteiger partial charge in [-0.3, -0.25) is 9.69 Å². The van der Waals surface area contributed by atoms with Crippen LogP contribution in [-0.2, 0) is 16.8 Å². The smallest absolute Gasteiger partial charge is 0.270 e. The molecule has 0 aliphatic carbocycles. The van der Waals surface area contributed by atoms with Crippen LogP contribution in [0.2, 0.25) is 0 Å². The van der Waals surface area contributed by atoms with Gasteiger partial charge in [0.25, 0.3) is 5.89 Å². The molecule has 1 aliphatic rings. The van der Waals surface area contributed by atoms with Crippen molar-refractivity contribution in [1.82, 2.24) is 39.8 Å². The summed E-state index contributed by atoms with van der Waals surface area (Å²) in [6.07, 6.45) is 2.00. The van der Waals surface area contributed by atoms with E-state index in [1.54, 1.807) is 15.8 Å². The maximum atomic E-state index is 11.5. The number of carbonyl (C=O) groups is 1. The number of hydrogen-bond acceptors (Lipinski definition) is 11. The van der Waals surface area contributed by atoms with Crippen LogP contribution >= 0.6 is 0 Å². The summed E-state index contributed by atoms with van der Waals surface area (Å²) in [6, 6.07) is 0. The fraction of sp³-hybridized carbons (Fsp3) is 0.591. The quantitative estimate of drug-likeness (QED) is 0.541. The van der Waals surface area contributed by atoms with E-state index in [2.05, 4.69) is 20.2 Å². The van der Waals surface area contributed by atoms with Crippen LogP contribution in [0, 0.1) is 0 Å². The van der Waals surface area contributed by atoms with E-state index in [4.69, 9.17) is 20.2 Å². The lowest BCUT2D eigenvalue weighted by Gasteiger charge is -2.32. The minimum absolute atomic E-state index is 0.119. The maximum Gasteiger partial charge on any atom is 0.270 e. The van der Waals surface area contributed by atoms with E-state index in [0.717, 1.165) is 12.8 Å². The number of ketones is 1. The number of hydrogen-bond donors (Lipinski definition) is 2. The number of nitrogens with two attached hydrogens (primary N) is 1. The normalized spacial score (nSPS) is 16.6.